The van der Waals surface area contributed by atoms with Crippen LogP contribution < -0.4 is 0 Å². The van der Waals surface area contributed by atoms with E-state index in [4.69, 9.17) is 38.5 Å². The van der Waals surface area contributed by atoms with Crippen LogP contribution in [0.15, 0.2) is 0 Å². The van der Waals surface area contributed by atoms with Crippen molar-refractivity contribution in [1.82, 2.24) is 0 Å². The minimum absolute atomic E-state index is 0.0262. The highest BCUT2D eigenvalue weighted by molar-refractivity contribution is 5.16. The van der Waals surface area contributed by atoms with Gasteiger partial charge in [0.15, 0.2) is 23.8 Å². The van der Waals surface area contributed by atoms with Crippen molar-refractivity contribution in [2.24, 2.45) is 52.8 Å². The summed E-state index contributed by atoms with van der Waals surface area (Å²) >= 11 is 0. The molecule has 2 saturated carbocycles. The van der Waals surface area contributed by atoms with Crippen molar-refractivity contribution in [3.8, 4) is 0 Å². The van der Waals surface area contributed by atoms with E-state index >= 15 is 0 Å². The first kappa shape index (κ1) is 31.9. The van der Waals surface area contributed by atoms with Crippen LogP contribution in [0, 0.1) is 52.8 Å². The van der Waals surface area contributed by atoms with Crippen molar-refractivity contribution in [1.29, 1.82) is 0 Å². The summed E-state index contributed by atoms with van der Waals surface area (Å²) in [7, 11) is 0. The number of rotatable bonds is 6. The van der Waals surface area contributed by atoms with Gasteiger partial charge in [0.25, 0.3) is 0 Å². The van der Waals surface area contributed by atoms with Crippen molar-refractivity contribution in [3.05, 3.63) is 0 Å². The summed E-state index contributed by atoms with van der Waals surface area (Å²) in [6, 6.07) is 0. The highest BCUT2D eigenvalue weighted by atomic mass is 17.3. The molecule has 10 aliphatic rings. The summed E-state index contributed by atoms with van der Waals surface area (Å²) in [5.74, 6) is 0.905. The van der Waals surface area contributed by atoms with Crippen LogP contribution in [0.4, 0.5) is 0 Å². The van der Waals surface area contributed by atoms with Gasteiger partial charge in [-0.15, -0.1) is 0 Å². The first-order chi connectivity index (χ1) is 21.4. The van der Waals surface area contributed by atoms with Gasteiger partial charge in [-0.05, 0) is 101 Å². The molecule has 8 saturated heterocycles. The second-order valence-electron chi connectivity index (χ2n) is 17.3. The van der Waals surface area contributed by atoms with Crippen LogP contribution in [0.5, 0.6) is 0 Å². The van der Waals surface area contributed by atoms with Gasteiger partial charge in [0.2, 0.25) is 11.6 Å². The standard InChI is InChI=1S/C36H58O9/c1-8-24-27-12-10-21(3)32(5)15-16-34(7)41-31(36(27,32)45-43-34)39-29(24)18-23(19-37)17-28-22(4)26-11-9-20(2)25-13-14-33(6)40-30(38-28)35(25,26)44-42-33/h20-31,37H,8-19H2,1-7H3/t20-,21-,22-,23?,24-,25+,26+,27+,28-,29-,30-,31-,32+,33+,34+,35-,36-/m1/s1. The molecule has 2 aliphatic carbocycles. The molecule has 0 aromatic carbocycles. The SMILES string of the molecule is CC[C@H]1[C@@H](CC(CO)C[C@H]2O[C@@H]3O[C@]4(C)CC[C@H]5[C@H](C)CC[C@@H]([C@H]2C)[C@@]35OO4)O[C@@H]2O[C@]3(C)CC[C@@]4(C)[C@H](C)CC[C@@H]1[C@@]24OO3. The van der Waals surface area contributed by atoms with Gasteiger partial charge in [0.1, 0.15) is 0 Å². The zero-order valence-electron chi connectivity index (χ0n) is 28.6. The number of fused-ring (bicyclic) bond motifs is 4. The van der Waals surface area contributed by atoms with Crippen molar-refractivity contribution in [2.75, 3.05) is 6.61 Å². The topological polar surface area (TPSA) is 94.1 Å². The predicted octanol–water partition coefficient (Wildman–Crippen LogP) is 6.66. The van der Waals surface area contributed by atoms with E-state index in [1.165, 1.54) is 12.8 Å². The van der Waals surface area contributed by atoms with E-state index in [2.05, 4.69) is 34.6 Å². The molecule has 4 bridgehead atoms. The van der Waals surface area contributed by atoms with E-state index in [1.807, 2.05) is 13.8 Å². The molecule has 8 heterocycles. The van der Waals surface area contributed by atoms with Crippen molar-refractivity contribution < 1.29 is 43.6 Å². The maximum atomic E-state index is 10.9. The molecule has 1 N–H and O–H groups in total. The van der Waals surface area contributed by atoms with Crippen LogP contribution in [0.2, 0.25) is 0 Å². The Kier molecular flexibility index (Phi) is 7.66. The molecule has 0 amide bonds. The third kappa shape index (κ3) is 4.37. The quantitative estimate of drug-likeness (QED) is 0.322. The number of hydrogen-bond donors (Lipinski definition) is 1. The predicted molar refractivity (Wildman–Crippen MR) is 163 cm³/mol. The second kappa shape index (κ2) is 10.8. The zero-order chi connectivity index (χ0) is 31.6. The first-order valence-corrected chi connectivity index (χ1v) is 18.4. The van der Waals surface area contributed by atoms with Crippen LogP contribution in [-0.4, -0.2) is 59.3 Å². The Morgan fingerprint density at radius 2 is 1.40 bits per heavy atom. The van der Waals surface area contributed by atoms with Crippen LogP contribution in [0.25, 0.3) is 0 Å². The molecule has 1 unspecified atom stereocenters. The molecular formula is C36H58O9. The third-order valence-corrected chi connectivity index (χ3v) is 15.1. The van der Waals surface area contributed by atoms with Gasteiger partial charge in [-0.3, -0.25) is 0 Å². The Hall–Kier alpha value is -0.360. The van der Waals surface area contributed by atoms with Crippen molar-refractivity contribution in [3.63, 3.8) is 0 Å². The normalized spacial score (nSPS) is 59.1. The molecular weight excluding hydrogens is 576 g/mol. The lowest BCUT2D eigenvalue weighted by atomic mass is 9.49. The van der Waals surface area contributed by atoms with Gasteiger partial charge in [-0.2, -0.15) is 0 Å². The molecule has 45 heavy (non-hydrogen) atoms. The molecule has 17 atom stereocenters. The Morgan fingerprint density at radius 1 is 0.711 bits per heavy atom. The summed E-state index contributed by atoms with van der Waals surface area (Å²) in [5.41, 5.74) is -1.28. The molecule has 256 valence electrons. The van der Waals surface area contributed by atoms with Gasteiger partial charge in [-0.25, -0.2) is 19.6 Å². The molecule has 10 rings (SSSR count). The lowest BCUT2D eigenvalue weighted by Crippen LogP contribution is -2.73. The Balaban J connectivity index is 1.04. The lowest BCUT2D eigenvalue weighted by Gasteiger charge is -2.65. The van der Waals surface area contributed by atoms with E-state index in [0.29, 0.717) is 17.8 Å². The maximum Gasteiger partial charge on any atom is 0.201 e. The number of aliphatic hydroxyl groups is 1. The smallest absolute Gasteiger partial charge is 0.201 e. The average Bonchev–Trinajstić information content (AvgIpc) is 3.35. The lowest BCUT2D eigenvalue weighted by molar-refractivity contribution is -0.578. The molecule has 0 radical (unpaired) electrons. The third-order valence-electron chi connectivity index (χ3n) is 15.1. The summed E-state index contributed by atoms with van der Waals surface area (Å²) < 4.78 is 27.3. The minimum Gasteiger partial charge on any atom is -0.396 e. The molecule has 2 spiro atoms. The van der Waals surface area contributed by atoms with E-state index in [1.54, 1.807) is 0 Å². The molecule has 10 fully saturated rings. The van der Waals surface area contributed by atoms with Crippen LogP contribution in [-0.2, 0) is 38.5 Å². The van der Waals surface area contributed by atoms with Gasteiger partial charge >= 0.3 is 0 Å². The monoisotopic (exact) mass is 634 g/mol. The van der Waals surface area contributed by atoms with Gasteiger partial charge in [0.05, 0.1) is 12.2 Å². The maximum absolute atomic E-state index is 10.9. The van der Waals surface area contributed by atoms with E-state index in [0.717, 1.165) is 57.8 Å². The Labute approximate surface area is 269 Å². The summed E-state index contributed by atoms with van der Waals surface area (Å²) in [6.07, 6.45) is 9.61. The van der Waals surface area contributed by atoms with E-state index in [9.17, 15) is 5.11 Å². The van der Waals surface area contributed by atoms with Gasteiger partial charge in [0, 0.05) is 36.7 Å². The highest BCUT2D eigenvalue weighted by Gasteiger charge is 2.74. The molecule has 9 nitrogen and oxygen atoms in total. The Bertz CT molecular complexity index is 1140. The van der Waals surface area contributed by atoms with Gasteiger partial charge < -0.3 is 24.1 Å². The minimum atomic E-state index is -0.808. The molecule has 0 aromatic heterocycles. The number of ether oxygens (including phenoxy) is 4. The fourth-order valence-corrected chi connectivity index (χ4v) is 12.0. The van der Waals surface area contributed by atoms with Crippen molar-refractivity contribution >= 4 is 0 Å². The molecule has 8 aliphatic heterocycles. The first-order valence-electron chi connectivity index (χ1n) is 18.4. The fraction of sp³-hybridized carbons (Fsp3) is 1.00. The highest BCUT2D eigenvalue weighted by Crippen LogP contribution is 2.67. The van der Waals surface area contributed by atoms with Crippen molar-refractivity contribution in [2.45, 2.75) is 167 Å². The summed E-state index contributed by atoms with van der Waals surface area (Å²) in [4.78, 5) is 25.0. The van der Waals surface area contributed by atoms with E-state index < -0.39 is 35.4 Å². The number of aliphatic hydroxyl groups excluding tert-OH is 1. The molecule has 9 heteroatoms. The zero-order valence-corrected chi connectivity index (χ0v) is 28.6. The van der Waals surface area contributed by atoms with Crippen LogP contribution in [0.1, 0.15) is 119 Å². The van der Waals surface area contributed by atoms with Gasteiger partial charge in [-0.1, -0.05) is 41.0 Å². The Morgan fingerprint density at radius 3 is 2.18 bits per heavy atom. The van der Waals surface area contributed by atoms with Crippen LogP contribution in [0.3, 0.4) is 0 Å². The van der Waals surface area contributed by atoms with E-state index in [-0.39, 0.29) is 53.8 Å². The largest absolute Gasteiger partial charge is 0.396 e. The molecule has 0 aromatic rings. The average molecular weight is 635 g/mol. The number of hydrogen-bond acceptors (Lipinski definition) is 9. The summed E-state index contributed by atoms with van der Waals surface area (Å²) in [6.45, 7) is 15.8. The summed E-state index contributed by atoms with van der Waals surface area (Å²) in [5, 5.41) is 10.9. The second-order valence-corrected chi connectivity index (χ2v) is 17.3. The van der Waals surface area contributed by atoms with Crippen LogP contribution >= 0.6 is 0 Å². The fourth-order valence-electron chi connectivity index (χ4n) is 12.0.